The van der Waals surface area contributed by atoms with Crippen LogP contribution in [0.4, 0.5) is 5.69 Å². The second-order valence-corrected chi connectivity index (χ2v) is 11.0. The van der Waals surface area contributed by atoms with E-state index in [0.29, 0.717) is 22.3 Å². The number of anilines is 1. The van der Waals surface area contributed by atoms with Crippen molar-refractivity contribution in [3.05, 3.63) is 75.4 Å². The molecule has 9 heteroatoms. The van der Waals surface area contributed by atoms with Crippen molar-refractivity contribution in [1.82, 2.24) is 14.5 Å². The van der Waals surface area contributed by atoms with Crippen LogP contribution in [0.5, 0.6) is 5.75 Å². The van der Waals surface area contributed by atoms with Gasteiger partial charge < -0.3 is 10.1 Å². The first kappa shape index (κ1) is 24.5. The second kappa shape index (κ2) is 10.5. The van der Waals surface area contributed by atoms with Crippen LogP contribution in [0.3, 0.4) is 0 Å². The maximum atomic E-state index is 13.9. The molecule has 0 saturated carbocycles. The molecule has 1 aliphatic rings. The van der Waals surface area contributed by atoms with Crippen LogP contribution in [-0.4, -0.2) is 45.8 Å². The van der Waals surface area contributed by atoms with Crippen LogP contribution >= 0.6 is 23.1 Å². The lowest BCUT2D eigenvalue weighted by molar-refractivity contribution is -0.113. The maximum Gasteiger partial charge on any atom is 0.267 e. The number of rotatable bonds is 7. The molecule has 7 nitrogen and oxygen atoms in total. The van der Waals surface area contributed by atoms with Gasteiger partial charge in [0.25, 0.3) is 5.56 Å². The standard InChI is InChI=1S/C27H28N4O3S2/c1-17(2)30-14-13-21-22(15-30)36-25-24(21)26(33)31(19-7-5-4-6-8-19)27(29-25)35-16-23(32)28-18-9-11-20(34-3)12-10-18/h4-12,17H,13-16H2,1-3H3,(H,28,32). The summed E-state index contributed by atoms with van der Waals surface area (Å²) >= 11 is 2.87. The number of hydrogen-bond acceptors (Lipinski definition) is 7. The Balaban J connectivity index is 1.47. The Morgan fingerprint density at radius 2 is 1.92 bits per heavy atom. The van der Waals surface area contributed by atoms with Gasteiger partial charge in [0.05, 0.1) is 23.9 Å². The van der Waals surface area contributed by atoms with E-state index < -0.39 is 0 Å². The van der Waals surface area contributed by atoms with Crippen molar-refractivity contribution in [3.8, 4) is 11.4 Å². The van der Waals surface area contributed by atoms with Gasteiger partial charge in [-0.15, -0.1) is 11.3 Å². The quantitative estimate of drug-likeness (QED) is 0.274. The predicted molar refractivity (Wildman–Crippen MR) is 147 cm³/mol. The highest BCUT2D eigenvalue weighted by Gasteiger charge is 2.26. The van der Waals surface area contributed by atoms with Crippen LogP contribution in [0.2, 0.25) is 0 Å². The van der Waals surface area contributed by atoms with Gasteiger partial charge in [0, 0.05) is 29.7 Å². The first-order valence-electron chi connectivity index (χ1n) is 11.9. The Kier molecular flexibility index (Phi) is 7.13. The summed E-state index contributed by atoms with van der Waals surface area (Å²) < 4.78 is 6.82. The molecule has 3 heterocycles. The normalized spacial score (nSPS) is 13.7. The molecule has 2 aromatic carbocycles. The molecular formula is C27H28N4O3S2. The molecule has 0 fully saturated rings. The summed E-state index contributed by atoms with van der Waals surface area (Å²) in [5, 5.41) is 4.13. The number of nitrogens with one attached hydrogen (secondary N) is 1. The lowest BCUT2D eigenvalue weighted by Crippen LogP contribution is -2.35. The molecule has 0 radical (unpaired) electrons. The van der Waals surface area contributed by atoms with E-state index in [1.54, 1.807) is 47.3 Å². The van der Waals surface area contributed by atoms with E-state index in [4.69, 9.17) is 9.72 Å². The molecule has 1 aliphatic heterocycles. The zero-order valence-corrected chi connectivity index (χ0v) is 22.1. The van der Waals surface area contributed by atoms with Crippen molar-refractivity contribution in [2.24, 2.45) is 0 Å². The van der Waals surface area contributed by atoms with Crippen molar-refractivity contribution in [2.45, 2.75) is 38.0 Å². The van der Waals surface area contributed by atoms with Crippen LogP contribution in [0.1, 0.15) is 24.3 Å². The van der Waals surface area contributed by atoms with Crippen LogP contribution in [0.15, 0.2) is 64.5 Å². The fourth-order valence-corrected chi connectivity index (χ4v) is 6.49. The summed E-state index contributed by atoms with van der Waals surface area (Å²) in [6.07, 6.45) is 0.843. The molecule has 1 amide bonds. The molecule has 0 spiro atoms. The summed E-state index contributed by atoms with van der Waals surface area (Å²) in [6, 6.07) is 17.2. The SMILES string of the molecule is COc1ccc(NC(=O)CSc2nc3sc4c(c3c(=O)n2-c2ccccc2)CCN(C(C)C)C4)cc1. The average Bonchev–Trinajstić information content (AvgIpc) is 3.26. The molecule has 186 valence electrons. The minimum atomic E-state index is -0.169. The monoisotopic (exact) mass is 520 g/mol. The highest BCUT2D eigenvalue weighted by Crippen LogP contribution is 2.34. The number of carbonyl (C=O) groups is 1. The average molecular weight is 521 g/mol. The first-order valence-corrected chi connectivity index (χ1v) is 13.7. The summed E-state index contributed by atoms with van der Waals surface area (Å²) in [4.78, 5) is 35.9. The number of benzene rings is 2. The van der Waals surface area contributed by atoms with Crippen LogP contribution in [0.25, 0.3) is 15.9 Å². The predicted octanol–water partition coefficient (Wildman–Crippen LogP) is 4.95. The summed E-state index contributed by atoms with van der Waals surface area (Å²) in [5.74, 6) is 0.683. The van der Waals surface area contributed by atoms with E-state index in [0.717, 1.165) is 41.3 Å². The third-order valence-electron chi connectivity index (χ3n) is 6.32. The number of carbonyl (C=O) groups excluding carboxylic acids is 1. The van der Waals surface area contributed by atoms with Gasteiger partial charge in [-0.1, -0.05) is 30.0 Å². The minimum Gasteiger partial charge on any atom is -0.497 e. The summed E-state index contributed by atoms with van der Waals surface area (Å²) in [6.45, 7) is 6.17. The second-order valence-electron chi connectivity index (χ2n) is 8.93. The third kappa shape index (κ3) is 4.91. The molecule has 0 saturated heterocycles. The minimum absolute atomic E-state index is 0.0697. The number of fused-ring (bicyclic) bond motifs is 3. The van der Waals surface area contributed by atoms with Crippen LogP contribution in [0, 0.1) is 0 Å². The topological polar surface area (TPSA) is 76.5 Å². The van der Waals surface area contributed by atoms with Gasteiger partial charge in [0.2, 0.25) is 5.91 Å². The Hall–Kier alpha value is -3.14. The van der Waals surface area contributed by atoms with Crippen LogP contribution < -0.4 is 15.6 Å². The highest BCUT2D eigenvalue weighted by molar-refractivity contribution is 7.99. The van der Waals surface area contributed by atoms with E-state index >= 15 is 0 Å². The van der Waals surface area contributed by atoms with E-state index in [2.05, 4.69) is 24.1 Å². The maximum absolute atomic E-state index is 13.9. The molecule has 1 N–H and O–H groups in total. The van der Waals surface area contributed by atoms with Gasteiger partial charge in [0.15, 0.2) is 5.16 Å². The van der Waals surface area contributed by atoms with Gasteiger partial charge in [-0.05, 0) is 62.2 Å². The van der Waals surface area contributed by atoms with Gasteiger partial charge >= 0.3 is 0 Å². The van der Waals surface area contributed by atoms with Crippen molar-refractivity contribution in [1.29, 1.82) is 0 Å². The smallest absolute Gasteiger partial charge is 0.267 e. The number of para-hydroxylation sites is 1. The molecule has 4 aromatic rings. The largest absolute Gasteiger partial charge is 0.497 e. The van der Waals surface area contributed by atoms with Crippen molar-refractivity contribution in [3.63, 3.8) is 0 Å². The van der Waals surface area contributed by atoms with E-state index in [9.17, 15) is 9.59 Å². The van der Waals surface area contributed by atoms with Crippen molar-refractivity contribution < 1.29 is 9.53 Å². The molecule has 0 unspecified atom stereocenters. The molecule has 0 aliphatic carbocycles. The zero-order chi connectivity index (χ0) is 25.2. The molecule has 0 atom stereocenters. The fraction of sp³-hybridized carbons (Fsp3) is 0.296. The van der Waals surface area contributed by atoms with Gasteiger partial charge in [-0.3, -0.25) is 19.1 Å². The number of ether oxygens (including phenoxy) is 1. The van der Waals surface area contributed by atoms with Crippen LogP contribution in [-0.2, 0) is 17.8 Å². The van der Waals surface area contributed by atoms with Gasteiger partial charge in [-0.25, -0.2) is 4.98 Å². The molecule has 36 heavy (non-hydrogen) atoms. The number of thioether (sulfide) groups is 1. The first-order chi connectivity index (χ1) is 17.4. The Morgan fingerprint density at radius 1 is 1.17 bits per heavy atom. The molecule has 2 aromatic heterocycles. The summed E-state index contributed by atoms with van der Waals surface area (Å²) in [5.41, 5.74) is 2.49. The number of amides is 1. The van der Waals surface area contributed by atoms with Crippen molar-refractivity contribution in [2.75, 3.05) is 24.7 Å². The van der Waals surface area contributed by atoms with E-state index in [-0.39, 0.29) is 17.2 Å². The fourth-order valence-electron chi connectivity index (χ4n) is 4.39. The third-order valence-corrected chi connectivity index (χ3v) is 8.37. The van der Waals surface area contributed by atoms with Crippen molar-refractivity contribution >= 4 is 44.9 Å². The lowest BCUT2D eigenvalue weighted by Gasteiger charge is -2.30. The van der Waals surface area contributed by atoms with Gasteiger partial charge in [0.1, 0.15) is 10.6 Å². The molecular weight excluding hydrogens is 492 g/mol. The van der Waals surface area contributed by atoms with E-state index in [1.165, 1.54) is 16.6 Å². The summed E-state index contributed by atoms with van der Waals surface area (Å²) in [7, 11) is 1.60. The lowest BCUT2D eigenvalue weighted by atomic mass is 10.0. The Morgan fingerprint density at radius 3 is 2.61 bits per heavy atom. The number of hydrogen-bond donors (Lipinski definition) is 1. The Bertz CT molecular complexity index is 1450. The van der Waals surface area contributed by atoms with Gasteiger partial charge in [-0.2, -0.15) is 0 Å². The Labute approximate surface area is 218 Å². The number of nitrogens with zero attached hydrogens (tertiary/aromatic N) is 3. The number of aromatic nitrogens is 2. The zero-order valence-electron chi connectivity index (χ0n) is 20.5. The highest BCUT2D eigenvalue weighted by atomic mass is 32.2. The molecule has 5 rings (SSSR count). The number of methoxy groups -OCH3 is 1. The number of thiophene rings is 1. The molecule has 0 bridgehead atoms. The van der Waals surface area contributed by atoms with E-state index in [1.807, 2.05) is 30.3 Å².